The van der Waals surface area contributed by atoms with Crippen molar-refractivity contribution < 1.29 is 9.47 Å². The molecule has 0 saturated heterocycles. The maximum atomic E-state index is 6.18. The number of allylic oxidation sites excluding steroid dienone is 1. The second-order valence-corrected chi connectivity index (χ2v) is 9.36. The molecule has 1 atom stereocenters. The Morgan fingerprint density at radius 2 is 1.84 bits per heavy atom. The van der Waals surface area contributed by atoms with Crippen LogP contribution in [0.5, 0.6) is 11.5 Å². The van der Waals surface area contributed by atoms with Crippen LogP contribution in [0.25, 0.3) is 0 Å². The molecule has 1 heterocycles. The van der Waals surface area contributed by atoms with Gasteiger partial charge in [0.05, 0.1) is 7.11 Å². The van der Waals surface area contributed by atoms with E-state index in [0.29, 0.717) is 6.54 Å². The van der Waals surface area contributed by atoms with Crippen LogP contribution in [0.4, 0.5) is 0 Å². The second-order valence-electron chi connectivity index (χ2n) is 8.41. The van der Waals surface area contributed by atoms with Gasteiger partial charge in [-0.25, -0.2) is 0 Å². The van der Waals surface area contributed by atoms with E-state index in [4.69, 9.17) is 9.47 Å². The van der Waals surface area contributed by atoms with Crippen LogP contribution in [0.1, 0.15) is 50.8 Å². The molecule has 0 radical (unpaired) electrons. The zero-order chi connectivity index (χ0) is 22.4. The van der Waals surface area contributed by atoms with Gasteiger partial charge in [0, 0.05) is 12.3 Å². The summed E-state index contributed by atoms with van der Waals surface area (Å²) in [6, 6.07) is 16.3. The zero-order valence-corrected chi connectivity index (χ0v) is 19.8. The number of thioether (sulfide) groups is 1. The van der Waals surface area contributed by atoms with E-state index in [-0.39, 0.29) is 11.5 Å². The maximum Gasteiger partial charge on any atom is 0.191 e. The summed E-state index contributed by atoms with van der Waals surface area (Å²) in [5, 5.41) is 9.69. The number of hydrogen-bond donors (Lipinski definition) is 0. The molecule has 0 aliphatic rings. The summed E-state index contributed by atoms with van der Waals surface area (Å²) >= 11 is 1.64. The van der Waals surface area contributed by atoms with Crippen molar-refractivity contribution in [1.29, 1.82) is 0 Å². The molecule has 5 nitrogen and oxygen atoms in total. The van der Waals surface area contributed by atoms with E-state index in [1.54, 1.807) is 18.9 Å². The summed E-state index contributed by atoms with van der Waals surface area (Å²) in [6.45, 7) is 13.1. The minimum absolute atomic E-state index is 0.114. The SMILES string of the molecule is C=CCn1c(SCc2cccc(OC)c2)nnc1C(C)Oc1ccc(C(C)(C)C)cc1. The molecule has 0 aliphatic heterocycles. The Labute approximate surface area is 189 Å². The number of rotatable bonds is 9. The lowest BCUT2D eigenvalue weighted by Gasteiger charge is -2.20. The molecular weight excluding hydrogens is 406 g/mol. The molecule has 164 valence electrons. The lowest BCUT2D eigenvalue weighted by molar-refractivity contribution is 0.210. The van der Waals surface area contributed by atoms with Crippen molar-refractivity contribution in [3.63, 3.8) is 0 Å². The fraction of sp³-hybridized carbons (Fsp3) is 0.360. The van der Waals surface area contributed by atoms with Crippen molar-refractivity contribution in [3.8, 4) is 11.5 Å². The van der Waals surface area contributed by atoms with Crippen LogP contribution in [-0.2, 0) is 17.7 Å². The monoisotopic (exact) mass is 437 g/mol. The van der Waals surface area contributed by atoms with E-state index in [1.165, 1.54) is 11.1 Å². The lowest BCUT2D eigenvalue weighted by atomic mass is 9.87. The normalized spacial score (nSPS) is 12.4. The highest BCUT2D eigenvalue weighted by Crippen LogP contribution is 2.29. The largest absolute Gasteiger partial charge is 0.497 e. The van der Waals surface area contributed by atoms with Gasteiger partial charge in [-0.2, -0.15) is 0 Å². The third-order valence-corrected chi connectivity index (χ3v) is 5.99. The predicted molar refractivity (Wildman–Crippen MR) is 127 cm³/mol. The number of methoxy groups -OCH3 is 1. The average molecular weight is 438 g/mol. The Morgan fingerprint density at radius 3 is 2.48 bits per heavy atom. The first-order valence-electron chi connectivity index (χ1n) is 10.4. The number of ether oxygens (including phenoxy) is 2. The first-order valence-corrected chi connectivity index (χ1v) is 11.4. The van der Waals surface area contributed by atoms with Crippen molar-refractivity contribution in [3.05, 3.63) is 78.1 Å². The fourth-order valence-electron chi connectivity index (χ4n) is 3.21. The molecule has 0 N–H and O–H groups in total. The van der Waals surface area contributed by atoms with Crippen LogP contribution < -0.4 is 9.47 Å². The van der Waals surface area contributed by atoms with Crippen LogP contribution in [0.15, 0.2) is 66.3 Å². The molecule has 3 aromatic rings. The molecule has 0 bridgehead atoms. The molecule has 31 heavy (non-hydrogen) atoms. The molecule has 0 aliphatic carbocycles. The quantitative estimate of drug-likeness (QED) is 0.294. The van der Waals surface area contributed by atoms with E-state index in [0.717, 1.165) is 28.2 Å². The molecule has 0 saturated carbocycles. The third kappa shape index (κ3) is 5.91. The van der Waals surface area contributed by atoms with Crippen molar-refractivity contribution in [1.82, 2.24) is 14.8 Å². The van der Waals surface area contributed by atoms with Crippen molar-refractivity contribution in [2.24, 2.45) is 0 Å². The van der Waals surface area contributed by atoms with Gasteiger partial charge in [0.2, 0.25) is 0 Å². The van der Waals surface area contributed by atoms with Gasteiger partial charge in [-0.05, 0) is 47.7 Å². The Hall–Kier alpha value is -2.73. The topological polar surface area (TPSA) is 49.2 Å². The molecule has 6 heteroatoms. The molecule has 1 unspecified atom stereocenters. The van der Waals surface area contributed by atoms with E-state index >= 15 is 0 Å². The van der Waals surface area contributed by atoms with Gasteiger partial charge in [-0.15, -0.1) is 16.8 Å². The molecule has 2 aromatic carbocycles. The molecular formula is C25H31N3O2S. The van der Waals surface area contributed by atoms with Gasteiger partial charge in [0.15, 0.2) is 17.1 Å². The Kier molecular flexibility index (Phi) is 7.44. The number of nitrogens with zero attached hydrogens (tertiary/aromatic N) is 3. The van der Waals surface area contributed by atoms with Gasteiger partial charge in [-0.1, -0.05) is 62.9 Å². The minimum atomic E-state index is -0.237. The van der Waals surface area contributed by atoms with E-state index in [9.17, 15) is 0 Å². The smallest absolute Gasteiger partial charge is 0.191 e. The lowest BCUT2D eigenvalue weighted by Crippen LogP contribution is -2.13. The first-order chi connectivity index (χ1) is 14.8. The van der Waals surface area contributed by atoms with Gasteiger partial charge < -0.3 is 9.47 Å². The van der Waals surface area contributed by atoms with Crippen LogP contribution in [0, 0.1) is 0 Å². The molecule has 0 fully saturated rings. The minimum Gasteiger partial charge on any atom is -0.497 e. The summed E-state index contributed by atoms with van der Waals surface area (Å²) in [4.78, 5) is 0. The van der Waals surface area contributed by atoms with Crippen molar-refractivity contribution >= 4 is 11.8 Å². The van der Waals surface area contributed by atoms with E-state index < -0.39 is 0 Å². The molecule has 3 rings (SSSR count). The molecule has 1 aromatic heterocycles. The number of aromatic nitrogens is 3. The third-order valence-electron chi connectivity index (χ3n) is 4.96. The average Bonchev–Trinajstić information content (AvgIpc) is 3.15. The fourth-order valence-corrected chi connectivity index (χ4v) is 4.11. The summed E-state index contributed by atoms with van der Waals surface area (Å²) in [6.07, 6.45) is 1.62. The Morgan fingerprint density at radius 1 is 1.10 bits per heavy atom. The molecule has 0 amide bonds. The Bertz CT molecular complexity index is 1010. The standard InChI is InChI=1S/C25H31N3O2S/c1-7-15-28-23(18(2)30-21-13-11-20(12-14-21)25(3,4)5)26-27-24(28)31-17-19-9-8-10-22(16-19)29-6/h7-14,16,18H,1,15,17H2,2-6H3. The van der Waals surface area contributed by atoms with Crippen molar-refractivity contribution in [2.45, 2.75) is 56.7 Å². The van der Waals surface area contributed by atoms with Gasteiger partial charge in [0.1, 0.15) is 11.5 Å². The number of benzene rings is 2. The van der Waals surface area contributed by atoms with Gasteiger partial charge in [-0.3, -0.25) is 4.57 Å². The number of hydrogen-bond acceptors (Lipinski definition) is 5. The predicted octanol–water partition coefficient (Wildman–Crippen LogP) is 6.20. The van der Waals surface area contributed by atoms with Crippen LogP contribution in [-0.4, -0.2) is 21.9 Å². The van der Waals surface area contributed by atoms with E-state index in [2.05, 4.69) is 60.3 Å². The second kappa shape index (κ2) is 10.1. The highest BCUT2D eigenvalue weighted by atomic mass is 32.2. The summed E-state index contributed by atoms with van der Waals surface area (Å²) in [5.41, 5.74) is 2.56. The first kappa shape index (κ1) is 22.9. The summed E-state index contributed by atoms with van der Waals surface area (Å²) < 4.78 is 13.6. The van der Waals surface area contributed by atoms with Crippen LogP contribution in [0.2, 0.25) is 0 Å². The van der Waals surface area contributed by atoms with Gasteiger partial charge >= 0.3 is 0 Å². The summed E-state index contributed by atoms with van der Waals surface area (Å²) in [7, 11) is 1.68. The van der Waals surface area contributed by atoms with Crippen molar-refractivity contribution in [2.75, 3.05) is 7.11 Å². The molecule has 0 spiro atoms. The highest BCUT2D eigenvalue weighted by molar-refractivity contribution is 7.98. The Balaban J connectivity index is 1.73. The van der Waals surface area contributed by atoms with Crippen LogP contribution in [0.3, 0.4) is 0 Å². The summed E-state index contributed by atoms with van der Waals surface area (Å²) in [5.74, 6) is 3.23. The van der Waals surface area contributed by atoms with Crippen LogP contribution >= 0.6 is 11.8 Å². The van der Waals surface area contributed by atoms with Gasteiger partial charge in [0.25, 0.3) is 0 Å². The van der Waals surface area contributed by atoms with E-state index in [1.807, 2.05) is 43.3 Å². The maximum absolute atomic E-state index is 6.18. The zero-order valence-electron chi connectivity index (χ0n) is 19.0. The highest BCUT2D eigenvalue weighted by Gasteiger charge is 2.20.